The van der Waals surface area contributed by atoms with Crippen molar-refractivity contribution in [3.8, 4) is 0 Å². The van der Waals surface area contributed by atoms with Crippen molar-refractivity contribution in [2.75, 3.05) is 18.4 Å². The van der Waals surface area contributed by atoms with Crippen LogP contribution in [0.3, 0.4) is 0 Å². The van der Waals surface area contributed by atoms with E-state index in [1.807, 2.05) is 13.8 Å². The lowest BCUT2D eigenvalue weighted by Gasteiger charge is -2.31. The highest BCUT2D eigenvalue weighted by Crippen LogP contribution is 2.20. The maximum atomic E-state index is 12.5. The Morgan fingerprint density at radius 2 is 1.67 bits per heavy atom. The van der Waals surface area contributed by atoms with E-state index in [0.29, 0.717) is 37.2 Å². The molecule has 1 heterocycles. The number of amides is 3. The molecule has 1 fully saturated rings. The molecular weight excluding hydrogens is 306 g/mol. The quantitative estimate of drug-likeness (QED) is 0.886. The highest BCUT2D eigenvalue weighted by molar-refractivity contribution is 5.95. The molecule has 0 unspecified atom stereocenters. The number of nitrogens with zero attached hydrogens (tertiary/aromatic N) is 1. The van der Waals surface area contributed by atoms with Crippen molar-refractivity contribution in [1.82, 2.24) is 10.2 Å². The van der Waals surface area contributed by atoms with Crippen LogP contribution in [0.4, 0.5) is 5.69 Å². The first-order valence-corrected chi connectivity index (χ1v) is 8.34. The van der Waals surface area contributed by atoms with E-state index in [4.69, 9.17) is 0 Å². The smallest absolute Gasteiger partial charge is 0.253 e. The van der Waals surface area contributed by atoms with E-state index in [-0.39, 0.29) is 29.7 Å². The van der Waals surface area contributed by atoms with Crippen LogP contribution in [0.25, 0.3) is 0 Å². The lowest BCUT2D eigenvalue weighted by molar-refractivity contribution is -0.126. The van der Waals surface area contributed by atoms with Crippen molar-refractivity contribution < 1.29 is 14.4 Å². The Hall–Kier alpha value is -2.37. The molecule has 1 aliphatic rings. The minimum Gasteiger partial charge on any atom is -0.354 e. The zero-order chi connectivity index (χ0) is 17.7. The predicted molar refractivity (Wildman–Crippen MR) is 92.7 cm³/mol. The minimum atomic E-state index is -0.143. The first-order valence-electron chi connectivity index (χ1n) is 8.34. The summed E-state index contributed by atoms with van der Waals surface area (Å²) in [7, 11) is 0. The van der Waals surface area contributed by atoms with Crippen LogP contribution in [0.5, 0.6) is 0 Å². The fourth-order valence-electron chi connectivity index (χ4n) is 2.83. The summed E-state index contributed by atoms with van der Waals surface area (Å²) < 4.78 is 0. The van der Waals surface area contributed by atoms with Crippen LogP contribution in [-0.4, -0.2) is 41.8 Å². The number of nitrogens with one attached hydrogen (secondary N) is 2. The van der Waals surface area contributed by atoms with E-state index < -0.39 is 0 Å². The van der Waals surface area contributed by atoms with Crippen LogP contribution in [0.15, 0.2) is 24.3 Å². The van der Waals surface area contributed by atoms with Crippen LogP contribution < -0.4 is 10.6 Å². The molecule has 0 aromatic heterocycles. The first-order chi connectivity index (χ1) is 11.4. The van der Waals surface area contributed by atoms with Crippen molar-refractivity contribution in [2.24, 2.45) is 5.92 Å². The molecule has 0 bridgehead atoms. The highest BCUT2D eigenvalue weighted by atomic mass is 16.2. The zero-order valence-electron chi connectivity index (χ0n) is 14.5. The second kappa shape index (κ2) is 7.95. The lowest BCUT2D eigenvalue weighted by atomic mass is 9.95. The van der Waals surface area contributed by atoms with Crippen molar-refractivity contribution in [3.63, 3.8) is 0 Å². The van der Waals surface area contributed by atoms with Crippen molar-refractivity contribution >= 4 is 23.4 Å². The topological polar surface area (TPSA) is 78.5 Å². The summed E-state index contributed by atoms with van der Waals surface area (Å²) in [4.78, 5) is 37.4. The number of anilines is 1. The van der Waals surface area contributed by atoms with Crippen molar-refractivity contribution in [3.05, 3.63) is 29.8 Å². The number of carbonyl (C=O) groups is 3. The van der Waals surface area contributed by atoms with Gasteiger partial charge in [-0.2, -0.15) is 0 Å². The summed E-state index contributed by atoms with van der Waals surface area (Å²) in [6.45, 7) is 6.51. The molecule has 130 valence electrons. The Bertz CT molecular complexity index is 602. The Morgan fingerprint density at radius 1 is 1.08 bits per heavy atom. The molecule has 6 heteroatoms. The summed E-state index contributed by atoms with van der Waals surface area (Å²) in [5.74, 6) is -0.113. The predicted octanol–water partition coefficient (Wildman–Crippen LogP) is 2.02. The molecule has 1 saturated heterocycles. The number of hydrogen-bond donors (Lipinski definition) is 2. The van der Waals surface area contributed by atoms with Gasteiger partial charge in [0, 0.05) is 43.2 Å². The van der Waals surface area contributed by atoms with Crippen molar-refractivity contribution in [1.29, 1.82) is 0 Å². The molecule has 0 atom stereocenters. The molecule has 0 spiro atoms. The minimum absolute atomic E-state index is 0.0152. The molecule has 0 radical (unpaired) electrons. The van der Waals surface area contributed by atoms with E-state index in [9.17, 15) is 14.4 Å². The fraction of sp³-hybridized carbons (Fsp3) is 0.500. The number of benzene rings is 1. The number of likely N-dealkylation sites (tertiary alicyclic amines) is 1. The third-order valence-electron chi connectivity index (χ3n) is 4.04. The fourth-order valence-corrected chi connectivity index (χ4v) is 2.83. The summed E-state index contributed by atoms with van der Waals surface area (Å²) in [6.07, 6.45) is 1.38. The van der Waals surface area contributed by atoms with Gasteiger partial charge in [0.15, 0.2) is 0 Å². The van der Waals surface area contributed by atoms with E-state index >= 15 is 0 Å². The van der Waals surface area contributed by atoms with Gasteiger partial charge in [-0.15, -0.1) is 0 Å². The Kier molecular flexibility index (Phi) is 5.95. The third kappa shape index (κ3) is 4.81. The van der Waals surface area contributed by atoms with Crippen LogP contribution in [0.2, 0.25) is 0 Å². The molecule has 24 heavy (non-hydrogen) atoms. The molecule has 1 aromatic carbocycles. The first kappa shape index (κ1) is 18.0. The second-order valence-corrected chi connectivity index (χ2v) is 6.49. The number of rotatable bonds is 4. The molecule has 2 rings (SSSR count). The van der Waals surface area contributed by atoms with Gasteiger partial charge in [0.25, 0.3) is 5.91 Å². The van der Waals surface area contributed by atoms with Crippen LogP contribution in [0.1, 0.15) is 44.0 Å². The van der Waals surface area contributed by atoms with Crippen LogP contribution in [-0.2, 0) is 9.59 Å². The van der Waals surface area contributed by atoms with E-state index in [1.165, 1.54) is 6.92 Å². The average molecular weight is 331 g/mol. The SMILES string of the molecule is CC(=O)Nc1ccc(C(=O)N2CCC(C(=O)NC(C)C)CC2)cc1. The van der Waals surface area contributed by atoms with Crippen molar-refractivity contribution in [2.45, 2.75) is 39.7 Å². The molecule has 6 nitrogen and oxygen atoms in total. The van der Waals surface area contributed by atoms with Gasteiger partial charge in [0.1, 0.15) is 0 Å². The maximum Gasteiger partial charge on any atom is 0.253 e. The summed E-state index contributed by atoms with van der Waals surface area (Å²) >= 11 is 0. The maximum absolute atomic E-state index is 12.5. The summed E-state index contributed by atoms with van der Waals surface area (Å²) in [6, 6.07) is 7.00. The third-order valence-corrected chi connectivity index (χ3v) is 4.04. The van der Waals surface area contributed by atoms with E-state index in [0.717, 1.165) is 0 Å². The summed E-state index contributed by atoms with van der Waals surface area (Å²) in [5, 5.41) is 5.61. The largest absolute Gasteiger partial charge is 0.354 e. The van der Waals surface area contributed by atoms with Gasteiger partial charge in [0.2, 0.25) is 11.8 Å². The van der Waals surface area contributed by atoms with Gasteiger partial charge in [-0.1, -0.05) is 0 Å². The molecule has 1 aliphatic heterocycles. The Morgan fingerprint density at radius 3 is 2.17 bits per heavy atom. The standard InChI is InChI=1S/C18H25N3O3/c1-12(2)19-17(23)14-8-10-21(11-9-14)18(24)15-4-6-16(7-5-15)20-13(3)22/h4-7,12,14H,8-11H2,1-3H3,(H,19,23)(H,20,22). The monoisotopic (exact) mass is 331 g/mol. The number of carbonyl (C=O) groups excluding carboxylic acids is 3. The summed E-state index contributed by atoms with van der Waals surface area (Å²) in [5.41, 5.74) is 1.26. The second-order valence-electron chi connectivity index (χ2n) is 6.49. The molecular formula is C18H25N3O3. The highest BCUT2D eigenvalue weighted by Gasteiger charge is 2.27. The van der Waals surface area contributed by atoms with Gasteiger partial charge in [-0.25, -0.2) is 0 Å². The molecule has 0 saturated carbocycles. The Labute approximate surface area is 142 Å². The average Bonchev–Trinajstić information content (AvgIpc) is 2.54. The lowest BCUT2D eigenvalue weighted by Crippen LogP contribution is -2.44. The van der Waals surface area contributed by atoms with E-state index in [2.05, 4.69) is 10.6 Å². The van der Waals surface area contributed by atoms with Gasteiger partial charge in [0.05, 0.1) is 0 Å². The number of hydrogen-bond acceptors (Lipinski definition) is 3. The van der Waals surface area contributed by atoms with Gasteiger partial charge in [-0.3, -0.25) is 14.4 Å². The zero-order valence-corrected chi connectivity index (χ0v) is 14.5. The van der Waals surface area contributed by atoms with Gasteiger partial charge in [-0.05, 0) is 51.0 Å². The molecule has 2 N–H and O–H groups in total. The van der Waals surface area contributed by atoms with Crippen LogP contribution in [0, 0.1) is 5.92 Å². The molecule has 0 aliphatic carbocycles. The van der Waals surface area contributed by atoms with E-state index in [1.54, 1.807) is 29.2 Å². The van der Waals surface area contributed by atoms with Gasteiger partial charge >= 0.3 is 0 Å². The molecule has 1 aromatic rings. The Balaban J connectivity index is 1.90. The van der Waals surface area contributed by atoms with Gasteiger partial charge < -0.3 is 15.5 Å². The molecule has 3 amide bonds. The van der Waals surface area contributed by atoms with Crippen LogP contribution >= 0.6 is 0 Å². The number of piperidine rings is 1. The normalized spacial score (nSPS) is 15.2.